The molecule has 0 aliphatic carbocycles. The van der Waals surface area contributed by atoms with Crippen LogP contribution in [0.3, 0.4) is 0 Å². The quantitative estimate of drug-likeness (QED) is 0.663. The lowest BCUT2D eigenvalue weighted by atomic mass is 9.87. The molecule has 1 aromatic heterocycles. The number of aryl methyl sites for hydroxylation is 1. The highest BCUT2D eigenvalue weighted by Gasteiger charge is 2.13. The van der Waals surface area contributed by atoms with Gasteiger partial charge in [-0.25, -0.2) is 9.97 Å². The Kier molecular flexibility index (Phi) is 5.73. The number of anilines is 2. The molecule has 3 aromatic rings. The molecule has 0 unspecified atom stereocenters. The fraction of sp³-hybridized carbons (Fsp3) is 0.261. The van der Waals surface area contributed by atoms with Crippen molar-refractivity contribution in [3.63, 3.8) is 0 Å². The van der Waals surface area contributed by atoms with Crippen LogP contribution in [-0.4, -0.2) is 15.9 Å². The molecule has 0 atom stereocenters. The molecule has 2 N–H and O–H groups in total. The Morgan fingerprint density at radius 3 is 2.21 bits per heavy atom. The Morgan fingerprint density at radius 1 is 0.964 bits per heavy atom. The lowest BCUT2D eigenvalue weighted by Gasteiger charge is -2.19. The van der Waals surface area contributed by atoms with E-state index in [-0.39, 0.29) is 11.3 Å². The van der Waals surface area contributed by atoms with E-state index in [4.69, 9.17) is 0 Å². The van der Waals surface area contributed by atoms with Crippen LogP contribution < -0.4 is 10.6 Å². The maximum absolute atomic E-state index is 12.4. The molecular formula is C23H26N4O. The number of aromatic nitrogens is 2. The van der Waals surface area contributed by atoms with E-state index in [1.807, 2.05) is 36.4 Å². The number of amides is 1. The van der Waals surface area contributed by atoms with Crippen molar-refractivity contribution >= 4 is 17.5 Å². The van der Waals surface area contributed by atoms with Gasteiger partial charge in [0.05, 0.1) is 5.56 Å². The summed E-state index contributed by atoms with van der Waals surface area (Å²) in [6.45, 7) is 9.18. The highest BCUT2D eigenvalue weighted by molar-refractivity contribution is 6.03. The number of benzene rings is 2. The molecule has 0 aliphatic heterocycles. The molecule has 1 amide bonds. The Bertz CT molecular complexity index is 942. The summed E-state index contributed by atoms with van der Waals surface area (Å²) in [6.07, 6.45) is 3.07. The number of nitrogens with zero attached hydrogens (tertiary/aromatic N) is 2. The van der Waals surface area contributed by atoms with E-state index in [9.17, 15) is 4.79 Å². The molecule has 0 bridgehead atoms. The van der Waals surface area contributed by atoms with Gasteiger partial charge in [0, 0.05) is 24.6 Å². The Hall–Kier alpha value is -3.21. The molecule has 0 spiro atoms. The number of carbonyl (C=O) groups is 1. The minimum Gasteiger partial charge on any atom is -0.350 e. The van der Waals surface area contributed by atoms with Gasteiger partial charge in [0.1, 0.15) is 0 Å². The van der Waals surface area contributed by atoms with Crippen molar-refractivity contribution < 1.29 is 4.79 Å². The summed E-state index contributed by atoms with van der Waals surface area (Å²) in [5.74, 6) is 0.267. The van der Waals surface area contributed by atoms with Crippen molar-refractivity contribution in [1.29, 1.82) is 0 Å². The summed E-state index contributed by atoms with van der Waals surface area (Å²) in [5.41, 5.74) is 4.87. The van der Waals surface area contributed by atoms with E-state index in [1.165, 1.54) is 29.1 Å². The first-order valence-electron chi connectivity index (χ1n) is 9.35. The SMILES string of the molecule is Cc1ccccc1CNc1ncc(C(=O)Nc2ccc(C(C)(C)C)cc2)cn1. The average molecular weight is 374 g/mol. The van der Waals surface area contributed by atoms with Crippen molar-refractivity contribution in [2.24, 2.45) is 0 Å². The van der Waals surface area contributed by atoms with Crippen LogP contribution in [0.25, 0.3) is 0 Å². The van der Waals surface area contributed by atoms with E-state index >= 15 is 0 Å². The van der Waals surface area contributed by atoms with Crippen LogP contribution in [-0.2, 0) is 12.0 Å². The van der Waals surface area contributed by atoms with Gasteiger partial charge in [0.15, 0.2) is 0 Å². The van der Waals surface area contributed by atoms with E-state index < -0.39 is 0 Å². The van der Waals surface area contributed by atoms with Gasteiger partial charge in [0.25, 0.3) is 5.91 Å². The van der Waals surface area contributed by atoms with Crippen LogP contribution in [0.15, 0.2) is 60.9 Å². The first kappa shape index (κ1) is 19.5. The summed E-state index contributed by atoms with van der Waals surface area (Å²) < 4.78 is 0. The third-order valence-electron chi connectivity index (χ3n) is 4.62. The third kappa shape index (κ3) is 4.94. The highest BCUT2D eigenvalue weighted by atomic mass is 16.1. The fourth-order valence-corrected chi connectivity index (χ4v) is 2.78. The monoisotopic (exact) mass is 374 g/mol. The van der Waals surface area contributed by atoms with Crippen molar-refractivity contribution in [2.45, 2.75) is 39.7 Å². The fourth-order valence-electron chi connectivity index (χ4n) is 2.78. The highest BCUT2D eigenvalue weighted by Crippen LogP contribution is 2.23. The number of rotatable bonds is 5. The number of hydrogen-bond acceptors (Lipinski definition) is 4. The number of hydrogen-bond donors (Lipinski definition) is 2. The van der Waals surface area contributed by atoms with Crippen molar-refractivity contribution in [1.82, 2.24) is 9.97 Å². The molecule has 144 valence electrons. The van der Waals surface area contributed by atoms with Crippen LogP contribution in [0.1, 0.15) is 47.8 Å². The normalized spacial score (nSPS) is 11.1. The average Bonchev–Trinajstić information content (AvgIpc) is 2.67. The minimum absolute atomic E-state index is 0.0809. The Balaban J connectivity index is 1.60. The molecule has 0 radical (unpaired) electrons. The van der Waals surface area contributed by atoms with Crippen LogP contribution in [0.2, 0.25) is 0 Å². The molecule has 0 saturated heterocycles. The topological polar surface area (TPSA) is 66.9 Å². The van der Waals surface area contributed by atoms with Gasteiger partial charge in [-0.05, 0) is 41.2 Å². The summed E-state index contributed by atoms with van der Waals surface area (Å²) in [6, 6.07) is 16.0. The first-order valence-corrected chi connectivity index (χ1v) is 9.35. The van der Waals surface area contributed by atoms with Crippen LogP contribution in [0, 0.1) is 6.92 Å². The predicted octanol–water partition coefficient (Wildman–Crippen LogP) is 4.95. The zero-order chi connectivity index (χ0) is 20.1. The molecular weight excluding hydrogens is 348 g/mol. The summed E-state index contributed by atoms with van der Waals surface area (Å²) in [5, 5.41) is 6.07. The van der Waals surface area contributed by atoms with Crippen molar-refractivity contribution in [2.75, 3.05) is 10.6 Å². The molecule has 5 heteroatoms. The first-order chi connectivity index (χ1) is 13.3. The number of carbonyl (C=O) groups excluding carboxylic acids is 1. The molecule has 28 heavy (non-hydrogen) atoms. The van der Waals surface area contributed by atoms with E-state index in [2.05, 4.69) is 60.4 Å². The zero-order valence-corrected chi connectivity index (χ0v) is 16.8. The van der Waals surface area contributed by atoms with Gasteiger partial charge < -0.3 is 10.6 Å². The van der Waals surface area contributed by atoms with Crippen molar-refractivity contribution in [3.8, 4) is 0 Å². The molecule has 0 fully saturated rings. The summed E-state index contributed by atoms with van der Waals surface area (Å²) >= 11 is 0. The lowest BCUT2D eigenvalue weighted by molar-refractivity contribution is 0.102. The molecule has 0 saturated carbocycles. The van der Waals surface area contributed by atoms with Crippen LogP contribution in [0.4, 0.5) is 11.6 Å². The molecule has 3 rings (SSSR count). The Labute approximate surface area is 166 Å². The standard InChI is InChI=1S/C23H26N4O/c1-16-7-5-6-8-17(16)13-24-22-25-14-18(15-26-22)21(28)27-20-11-9-19(10-12-20)23(2,3)4/h5-12,14-15H,13H2,1-4H3,(H,27,28)(H,24,25,26). The second kappa shape index (κ2) is 8.21. The second-order valence-electron chi connectivity index (χ2n) is 7.86. The van der Waals surface area contributed by atoms with Crippen LogP contribution >= 0.6 is 0 Å². The summed E-state index contributed by atoms with van der Waals surface area (Å²) in [4.78, 5) is 20.9. The van der Waals surface area contributed by atoms with Gasteiger partial charge in [-0.15, -0.1) is 0 Å². The second-order valence-corrected chi connectivity index (χ2v) is 7.86. The van der Waals surface area contributed by atoms with E-state index in [0.29, 0.717) is 18.1 Å². The van der Waals surface area contributed by atoms with Gasteiger partial charge in [-0.3, -0.25) is 4.79 Å². The smallest absolute Gasteiger partial charge is 0.258 e. The van der Waals surface area contributed by atoms with E-state index in [1.54, 1.807) is 0 Å². The molecule has 1 heterocycles. The lowest BCUT2D eigenvalue weighted by Crippen LogP contribution is -2.14. The van der Waals surface area contributed by atoms with Gasteiger partial charge in [-0.1, -0.05) is 57.2 Å². The summed E-state index contributed by atoms with van der Waals surface area (Å²) in [7, 11) is 0. The van der Waals surface area contributed by atoms with Crippen molar-refractivity contribution in [3.05, 3.63) is 83.2 Å². The maximum atomic E-state index is 12.4. The molecule has 0 aliphatic rings. The maximum Gasteiger partial charge on any atom is 0.258 e. The minimum atomic E-state index is -0.228. The predicted molar refractivity (Wildman–Crippen MR) is 114 cm³/mol. The Morgan fingerprint density at radius 2 is 1.61 bits per heavy atom. The largest absolute Gasteiger partial charge is 0.350 e. The van der Waals surface area contributed by atoms with E-state index in [0.717, 1.165) is 5.69 Å². The third-order valence-corrected chi connectivity index (χ3v) is 4.62. The van der Waals surface area contributed by atoms with Gasteiger partial charge in [-0.2, -0.15) is 0 Å². The number of nitrogens with one attached hydrogen (secondary N) is 2. The molecule has 2 aromatic carbocycles. The van der Waals surface area contributed by atoms with Gasteiger partial charge in [0.2, 0.25) is 5.95 Å². The van der Waals surface area contributed by atoms with Gasteiger partial charge >= 0.3 is 0 Å². The van der Waals surface area contributed by atoms with Crippen LogP contribution in [0.5, 0.6) is 0 Å². The zero-order valence-electron chi connectivity index (χ0n) is 16.8. The molecule has 5 nitrogen and oxygen atoms in total.